The fraction of sp³-hybridized carbons (Fsp3) is 0.381. The van der Waals surface area contributed by atoms with Gasteiger partial charge in [-0.05, 0) is 25.0 Å². The summed E-state index contributed by atoms with van der Waals surface area (Å²) in [5.74, 6) is 0.230. The van der Waals surface area contributed by atoms with Crippen LogP contribution in [0.15, 0.2) is 54.6 Å². The third-order valence-corrected chi connectivity index (χ3v) is 4.64. The maximum absolute atomic E-state index is 12.5. The number of morpholine rings is 1. The van der Waals surface area contributed by atoms with Crippen LogP contribution in [0.3, 0.4) is 0 Å². The predicted octanol–water partition coefficient (Wildman–Crippen LogP) is 2.62. The van der Waals surface area contributed by atoms with Gasteiger partial charge in [-0.1, -0.05) is 54.6 Å². The molecule has 0 radical (unpaired) electrons. The van der Waals surface area contributed by atoms with E-state index in [0.717, 1.165) is 30.8 Å². The molecular formula is C21H26NO2+. The van der Waals surface area contributed by atoms with E-state index in [-0.39, 0.29) is 18.0 Å². The first-order chi connectivity index (χ1) is 11.6. The van der Waals surface area contributed by atoms with Gasteiger partial charge in [0.2, 0.25) is 0 Å². The van der Waals surface area contributed by atoms with Gasteiger partial charge in [0.1, 0.15) is 25.3 Å². The van der Waals surface area contributed by atoms with Crippen LogP contribution in [-0.4, -0.2) is 37.6 Å². The number of hydrogen-bond acceptors (Lipinski definition) is 2. The standard InChI is InChI=1S/C21H25NO2/c1-16-14-22(15-17(2)24-16)13-12-21(23)20-10-8-19(9-11-20)18-6-4-3-5-7-18/h3-11,16-17H,12-15H2,1-2H3/p+1/t16-,17+. The van der Waals surface area contributed by atoms with Gasteiger partial charge in [-0.25, -0.2) is 0 Å². The lowest BCUT2D eigenvalue weighted by molar-refractivity contribution is -0.914. The Morgan fingerprint density at radius 2 is 1.54 bits per heavy atom. The molecule has 0 amide bonds. The van der Waals surface area contributed by atoms with Crippen LogP contribution in [0.1, 0.15) is 30.6 Å². The first-order valence-corrected chi connectivity index (χ1v) is 8.79. The molecule has 1 fully saturated rings. The molecular weight excluding hydrogens is 298 g/mol. The molecule has 0 aliphatic carbocycles. The van der Waals surface area contributed by atoms with Crippen LogP contribution in [0, 0.1) is 0 Å². The number of carbonyl (C=O) groups excluding carboxylic acids is 1. The highest BCUT2D eigenvalue weighted by molar-refractivity contribution is 5.96. The fourth-order valence-electron chi connectivity index (χ4n) is 3.51. The lowest BCUT2D eigenvalue weighted by atomic mass is 10.0. The molecule has 3 nitrogen and oxygen atoms in total. The number of quaternary nitrogens is 1. The summed E-state index contributed by atoms with van der Waals surface area (Å²) in [4.78, 5) is 13.9. The third kappa shape index (κ3) is 4.31. The minimum absolute atomic E-state index is 0.230. The molecule has 1 N–H and O–H groups in total. The number of ether oxygens (including phenoxy) is 1. The molecule has 0 aromatic heterocycles. The Morgan fingerprint density at radius 3 is 2.17 bits per heavy atom. The van der Waals surface area contributed by atoms with E-state index >= 15 is 0 Å². The van der Waals surface area contributed by atoms with Gasteiger partial charge in [-0.3, -0.25) is 4.79 Å². The van der Waals surface area contributed by atoms with E-state index in [0.29, 0.717) is 6.42 Å². The second kappa shape index (κ2) is 7.73. The van der Waals surface area contributed by atoms with Crippen LogP contribution in [0.4, 0.5) is 0 Å². The van der Waals surface area contributed by atoms with Gasteiger partial charge in [0.15, 0.2) is 5.78 Å². The lowest BCUT2D eigenvalue weighted by Gasteiger charge is -2.32. The SMILES string of the molecule is C[C@@H]1C[NH+](CCC(=O)c2ccc(-c3ccccc3)cc2)C[C@H](C)O1. The minimum Gasteiger partial charge on any atom is -0.364 e. The second-order valence-electron chi connectivity index (χ2n) is 6.78. The van der Waals surface area contributed by atoms with E-state index in [9.17, 15) is 4.79 Å². The first-order valence-electron chi connectivity index (χ1n) is 8.79. The molecule has 1 heterocycles. The van der Waals surface area contributed by atoms with Crippen LogP contribution in [0.2, 0.25) is 0 Å². The molecule has 1 aliphatic rings. The highest BCUT2D eigenvalue weighted by atomic mass is 16.5. The summed E-state index contributed by atoms with van der Waals surface area (Å²) in [6.45, 7) is 7.09. The zero-order valence-electron chi connectivity index (χ0n) is 14.5. The Hall–Kier alpha value is -1.97. The molecule has 3 atom stereocenters. The maximum atomic E-state index is 12.5. The van der Waals surface area contributed by atoms with Gasteiger partial charge in [-0.15, -0.1) is 0 Å². The number of Topliss-reactive ketones (excluding diaryl/α,β-unsaturated/α-hetero) is 1. The van der Waals surface area contributed by atoms with E-state index in [1.165, 1.54) is 10.5 Å². The van der Waals surface area contributed by atoms with Crippen molar-refractivity contribution in [1.82, 2.24) is 0 Å². The van der Waals surface area contributed by atoms with Gasteiger partial charge in [0.05, 0.1) is 13.0 Å². The molecule has 0 saturated carbocycles. The Morgan fingerprint density at radius 1 is 0.958 bits per heavy atom. The molecule has 1 saturated heterocycles. The second-order valence-corrected chi connectivity index (χ2v) is 6.78. The van der Waals surface area contributed by atoms with Crippen LogP contribution < -0.4 is 4.90 Å². The molecule has 3 rings (SSSR count). The fourth-order valence-corrected chi connectivity index (χ4v) is 3.51. The van der Waals surface area contributed by atoms with Crippen molar-refractivity contribution >= 4 is 5.78 Å². The van der Waals surface area contributed by atoms with Gasteiger partial charge >= 0.3 is 0 Å². The minimum atomic E-state index is 0.230. The number of hydrogen-bond donors (Lipinski definition) is 1. The predicted molar refractivity (Wildman–Crippen MR) is 96.4 cm³/mol. The zero-order valence-corrected chi connectivity index (χ0v) is 14.5. The summed E-state index contributed by atoms with van der Waals surface area (Å²) >= 11 is 0. The molecule has 1 aliphatic heterocycles. The van der Waals surface area contributed by atoms with Crippen molar-refractivity contribution in [3.63, 3.8) is 0 Å². The summed E-state index contributed by atoms with van der Waals surface area (Å²) in [6.07, 6.45) is 1.16. The van der Waals surface area contributed by atoms with Crippen molar-refractivity contribution in [2.75, 3.05) is 19.6 Å². The van der Waals surface area contributed by atoms with Crippen molar-refractivity contribution < 1.29 is 14.4 Å². The molecule has 2 aromatic carbocycles. The van der Waals surface area contributed by atoms with Crippen LogP contribution in [0.5, 0.6) is 0 Å². The van der Waals surface area contributed by atoms with Crippen molar-refractivity contribution in [2.24, 2.45) is 0 Å². The quantitative estimate of drug-likeness (QED) is 0.857. The highest BCUT2D eigenvalue weighted by Crippen LogP contribution is 2.19. The average Bonchev–Trinajstić information content (AvgIpc) is 2.60. The lowest BCUT2D eigenvalue weighted by Crippen LogP contribution is -3.15. The van der Waals surface area contributed by atoms with Gasteiger partial charge < -0.3 is 9.64 Å². The first kappa shape index (κ1) is 16.9. The third-order valence-electron chi connectivity index (χ3n) is 4.64. The van der Waals surface area contributed by atoms with Crippen LogP contribution in [0.25, 0.3) is 11.1 Å². The smallest absolute Gasteiger partial charge is 0.168 e. The van der Waals surface area contributed by atoms with E-state index in [1.54, 1.807) is 0 Å². The molecule has 3 heteroatoms. The summed E-state index contributed by atoms with van der Waals surface area (Å²) in [5, 5.41) is 0. The zero-order chi connectivity index (χ0) is 16.9. The van der Waals surface area contributed by atoms with Gasteiger partial charge in [0.25, 0.3) is 0 Å². The monoisotopic (exact) mass is 324 g/mol. The Labute approximate surface area is 144 Å². The molecule has 24 heavy (non-hydrogen) atoms. The number of nitrogens with one attached hydrogen (secondary N) is 1. The molecule has 126 valence electrons. The van der Waals surface area contributed by atoms with Crippen molar-refractivity contribution in [3.8, 4) is 11.1 Å². The molecule has 1 unspecified atom stereocenters. The molecule has 0 bridgehead atoms. The van der Waals surface area contributed by atoms with Crippen LogP contribution in [-0.2, 0) is 4.74 Å². The normalized spacial score (nSPS) is 23.8. The number of rotatable bonds is 5. The number of benzene rings is 2. The van der Waals surface area contributed by atoms with E-state index in [1.807, 2.05) is 42.5 Å². The van der Waals surface area contributed by atoms with Crippen molar-refractivity contribution in [1.29, 1.82) is 0 Å². The summed E-state index contributed by atoms with van der Waals surface area (Å²) in [7, 11) is 0. The Bertz CT molecular complexity index is 656. The average molecular weight is 324 g/mol. The highest BCUT2D eigenvalue weighted by Gasteiger charge is 2.25. The molecule has 2 aromatic rings. The Balaban J connectivity index is 1.57. The number of carbonyl (C=O) groups is 1. The summed E-state index contributed by atoms with van der Waals surface area (Å²) in [6, 6.07) is 18.2. The maximum Gasteiger partial charge on any atom is 0.168 e. The van der Waals surface area contributed by atoms with Crippen LogP contribution >= 0.6 is 0 Å². The number of ketones is 1. The summed E-state index contributed by atoms with van der Waals surface area (Å²) in [5.41, 5.74) is 3.13. The topological polar surface area (TPSA) is 30.7 Å². The Kier molecular flexibility index (Phi) is 5.44. The van der Waals surface area contributed by atoms with E-state index < -0.39 is 0 Å². The molecule has 0 spiro atoms. The van der Waals surface area contributed by atoms with Gasteiger partial charge in [-0.2, -0.15) is 0 Å². The van der Waals surface area contributed by atoms with E-state index in [4.69, 9.17) is 4.74 Å². The summed E-state index contributed by atoms with van der Waals surface area (Å²) < 4.78 is 5.76. The van der Waals surface area contributed by atoms with Crippen molar-refractivity contribution in [3.05, 3.63) is 60.2 Å². The largest absolute Gasteiger partial charge is 0.364 e. The van der Waals surface area contributed by atoms with Crippen molar-refractivity contribution in [2.45, 2.75) is 32.5 Å². The van der Waals surface area contributed by atoms with Gasteiger partial charge in [0, 0.05) is 5.56 Å². The van der Waals surface area contributed by atoms with E-state index in [2.05, 4.69) is 26.0 Å².